The standard InChI is InChI=1S/C17H33N/c1-4-17(2,3)15-9-11-16(12-10-15)18-13-5-6-14-7-8-14/h14-16,18H,4-13H2,1-3H3. The molecule has 18 heavy (non-hydrogen) atoms. The van der Waals surface area contributed by atoms with Crippen LogP contribution in [0.2, 0.25) is 0 Å². The summed E-state index contributed by atoms with van der Waals surface area (Å²) in [6.07, 6.45) is 13.0. The van der Waals surface area contributed by atoms with Crippen LogP contribution in [0.5, 0.6) is 0 Å². The summed E-state index contributed by atoms with van der Waals surface area (Å²) in [5.41, 5.74) is 0.566. The molecule has 1 nitrogen and oxygen atoms in total. The summed E-state index contributed by atoms with van der Waals surface area (Å²) >= 11 is 0. The molecule has 1 N–H and O–H groups in total. The molecule has 0 spiro atoms. The zero-order valence-electron chi connectivity index (χ0n) is 12.8. The summed E-state index contributed by atoms with van der Waals surface area (Å²) in [5.74, 6) is 2.07. The molecule has 2 aliphatic carbocycles. The zero-order valence-corrected chi connectivity index (χ0v) is 12.8. The second-order valence-electron chi connectivity index (χ2n) is 7.43. The normalized spacial score (nSPS) is 29.5. The smallest absolute Gasteiger partial charge is 0.00672 e. The van der Waals surface area contributed by atoms with Gasteiger partial charge in [0.2, 0.25) is 0 Å². The molecule has 0 atom stereocenters. The van der Waals surface area contributed by atoms with Gasteiger partial charge in [-0.25, -0.2) is 0 Å². The first-order chi connectivity index (χ1) is 8.62. The molecule has 0 amide bonds. The maximum absolute atomic E-state index is 3.79. The van der Waals surface area contributed by atoms with Crippen LogP contribution in [0.25, 0.3) is 0 Å². The monoisotopic (exact) mass is 251 g/mol. The number of nitrogens with one attached hydrogen (secondary N) is 1. The molecular formula is C17H33N. The Labute approximate surface area is 114 Å². The van der Waals surface area contributed by atoms with Gasteiger partial charge < -0.3 is 5.32 Å². The fourth-order valence-corrected chi connectivity index (χ4v) is 3.47. The van der Waals surface area contributed by atoms with Crippen LogP contribution < -0.4 is 5.32 Å². The van der Waals surface area contributed by atoms with Crippen molar-refractivity contribution in [1.29, 1.82) is 0 Å². The molecule has 0 bridgehead atoms. The van der Waals surface area contributed by atoms with E-state index in [4.69, 9.17) is 0 Å². The Bertz CT molecular complexity index is 234. The Morgan fingerprint density at radius 1 is 1.00 bits per heavy atom. The fourth-order valence-electron chi connectivity index (χ4n) is 3.47. The molecular weight excluding hydrogens is 218 g/mol. The maximum atomic E-state index is 3.79. The molecule has 0 radical (unpaired) electrons. The first-order valence-corrected chi connectivity index (χ1v) is 8.35. The number of hydrogen-bond donors (Lipinski definition) is 1. The predicted octanol–water partition coefficient (Wildman–Crippen LogP) is 4.76. The molecule has 2 aliphatic rings. The average molecular weight is 251 g/mol. The third kappa shape index (κ3) is 4.26. The number of hydrogen-bond acceptors (Lipinski definition) is 1. The molecule has 0 aromatic carbocycles. The largest absolute Gasteiger partial charge is 0.314 e. The van der Waals surface area contributed by atoms with Gasteiger partial charge in [0.15, 0.2) is 0 Å². The highest BCUT2D eigenvalue weighted by Crippen LogP contribution is 2.40. The van der Waals surface area contributed by atoms with Crippen molar-refractivity contribution < 1.29 is 0 Å². The van der Waals surface area contributed by atoms with Crippen molar-refractivity contribution in [2.45, 2.75) is 84.6 Å². The minimum absolute atomic E-state index is 0.566. The highest BCUT2D eigenvalue weighted by molar-refractivity contribution is 4.85. The van der Waals surface area contributed by atoms with Gasteiger partial charge in [0.1, 0.15) is 0 Å². The summed E-state index contributed by atoms with van der Waals surface area (Å²) < 4.78 is 0. The van der Waals surface area contributed by atoms with Crippen molar-refractivity contribution >= 4 is 0 Å². The molecule has 2 fully saturated rings. The lowest BCUT2D eigenvalue weighted by Gasteiger charge is -2.39. The van der Waals surface area contributed by atoms with Gasteiger partial charge >= 0.3 is 0 Å². The minimum Gasteiger partial charge on any atom is -0.314 e. The second kappa shape index (κ2) is 6.41. The molecule has 106 valence electrons. The van der Waals surface area contributed by atoms with E-state index in [1.54, 1.807) is 0 Å². The van der Waals surface area contributed by atoms with Crippen molar-refractivity contribution in [2.24, 2.45) is 17.3 Å². The van der Waals surface area contributed by atoms with Crippen LogP contribution in [-0.2, 0) is 0 Å². The average Bonchev–Trinajstić information content (AvgIpc) is 3.19. The van der Waals surface area contributed by atoms with Gasteiger partial charge in [-0.3, -0.25) is 0 Å². The van der Waals surface area contributed by atoms with Crippen LogP contribution in [0.15, 0.2) is 0 Å². The van der Waals surface area contributed by atoms with E-state index in [1.165, 1.54) is 64.3 Å². The van der Waals surface area contributed by atoms with Gasteiger partial charge in [0.05, 0.1) is 0 Å². The highest BCUT2D eigenvalue weighted by Gasteiger charge is 2.31. The van der Waals surface area contributed by atoms with E-state index in [9.17, 15) is 0 Å². The van der Waals surface area contributed by atoms with Crippen LogP contribution in [0, 0.1) is 17.3 Å². The Hall–Kier alpha value is -0.0400. The summed E-state index contributed by atoms with van der Waals surface area (Å²) in [6.45, 7) is 8.54. The Balaban J connectivity index is 1.57. The third-order valence-electron chi connectivity index (χ3n) is 5.66. The Morgan fingerprint density at radius 3 is 2.22 bits per heavy atom. The SMILES string of the molecule is CCC(C)(C)C1CCC(NCCCC2CC2)CC1. The molecule has 0 saturated heterocycles. The Kier molecular flexibility index (Phi) is 5.12. The third-order valence-corrected chi connectivity index (χ3v) is 5.66. The summed E-state index contributed by atoms with van der Waals surface area (Å²) in [7, 11) is 0. The van der Waals surface area contributed by atoms with Gasteiger partial charge in [-0.05, 0) is 62.3 Å². The van der Waals surface area contributed by atoms with E-state index in [-0.39, 0.29) is 0 Å². The predicted molar refractivity (Wildman–Crippen MR) is 79.8 cm³/mol. The van der Waals surface area contributed by atoms with Gasteiger partial charge in [-0.1, -0.05) is 40.0 Å². The van der Waals surface area contributed by atoms with Crippen LogP contribution in [-0.4, -0.2) is 12.6 Å². The molecule has 0 unspecified atom stereocenters. The van der Waals surface area contributed by atoms with Crippen molar-refractivity contribution in [3.05, 3.63) is 0 Å². The van der Waals surface area contributed by atoms with Crippen molar-refractivity contribution in [3.8, 4) is 0 Å². The first-order valence-electron chi connectivity index (χ1n) is 8.35. The second-order valence-corrected chi connectivity index (χ2v) is 7.43. The van der Waals surface area contributed by atoms with E-state index in [0.29, 0.717) is 5.41 Å². The summed E-state index contributed by atoms with van der Waals surface area (Å²) in [5, 5.41) is 3.79. The van der Waals surface area contributed by atoms with Crippen LogP contribution in [0.1, 0.15) is 78.6 Å². The lowest BCUT2D eigenvalue weighted by atomic mass is 9.69. The topological polar surface area (TPSA) is 12.0 Å². The van der Waals surface area contributed by atoms with E-state index in [0.717, 1.165) is 17.9 Å². The van der Waals surface area contributed by atoms with Gasteiger partial charge in [-0.15, -0.1) is 0 Å². The summed E-state index contributed by atoms with van der Waals surface area (Å²) in [4.78, 5) is 0. The lowest BCUT2D eigenvalue weighted by Crippen LogP contribution is -2.37. The van der Waals surface area contributed by atoms with E-state index >= 15 is 0 Å². The highest BCUT2D eigenvalue weighted by atomic mass is 14.9. The molecule has 0 aliphatic heterocycles. The fraction of sp³-hybridized carbons (Fsp3) is 1.00. The quantitative estimate of drug-likeness (QED) is 0.643. The molecule has 0 aromatic heterocycles. The Morgan fingerprint density at radius 2 is 1.67 bits per heavy atom. The molecule has 0 heterocycles. The zero-order chi connectivity index (χ0) is 13.0. The van der Waals surface area contributed by atoms with Gasteiger partial charge in [0, 0.05) is 6.04 Å². The van der Waals surface area contributed by atoms with Crippen molar-refractivity contribution in [1.82, 2.24) is 5.32 Å². The van der Waals surface area contributed by atoms with E-state index in [2.05, 4.69) is 26.1 Å². The maximum Gasteiger partial charge on any atom is 0.00672 e. The van der Waals surface area contributed by atoms with Crippen LogP contribution in [0.3, 0.4) is 0 Å². The number of rotatable bonds is 7. The van der Waals surface area contributed by atoms with E-state index in [1.807, 2.05) is 0 Å². The summed E-state index contributed by atoms with van der Waals surface area (Å²) in [6, 6.07) is 0.827. The molecule has 1 heteroatoms. The molecule has 2 rings (SSSR count). The molecule has 0 aromatic rings. The van der Waals surface area contributed by atoms with Crippen molar-refractivity contribution in [2.75, 3.05) is 6.54 Å². The van der Waals surface area contributed by atoms with Gasteiger partial charge in [-0.2, -0.15) is 0 Å². The van der Waals surface area contributed by atoms with Gasteiger partial charge in [0.25, 0.3) is 0 Å². The minimum atomic E-state index is 0.566. The van der Waals surface area contributed by atoms with E-state index < -0.39 is 0 Å². The van der Waals surface area contributed by atoms with Crippen molar-refractivity contribution in [3.63, 3.8) is 0 Å². The lowest BCUT2D eigenvalue weighted by molar-refractivity contribution is 0.137. The van der Waals surface area contributed by atoms with Crippen LogP contribution >= 0.6 is 0 Å². The van der Waals surface area contributed by atoms with Crippen LogP contribution in [0.4, 0.5) is 0 Å². The molecule has 2 saturated carbocycles. The first kappa shape index (κ1) is 14.4.